The molecule has 36 heavy (non-hydrogen) atoms. The molecule has 0 aliphatic carbocycles. The predicted molar refractivity (Wildman–Crippen MR) is 132 cm³/mol. The maximum atomic E-state index is 13.2. The largest absolute Gasteiger partial charge is 0.507 e. The molecule has 2 saturated heterocycles. The number of nitro benzene ring substituents is 1. The molecule has 2 heterocycles. The molecule has 2 aliphatic rings. The molecule has 1 N–H and O–H groups in total. The Labute approximate surface area is 208 Å². The highest BCUT2D eigenvalue weighted by atomic mass is 16.6. The van der Waals surface area contributed by atoms with E-state index in [0.717, 1.165) is 6.42 Å². The number of hydrogen-bond acceptors (Lipinski definition) is 8. The lowest BCUT2D eigenvalue weighted by Gasteiger charge is -2.31. The lowest BCUT2D eigenvalue weighted by atomic mass is 9.95. The van der Waals surface area contributed by atoms with Crippen molar-refractivity contribution in [1.29, 1.82) is 0 Å². The number of morpholine rings is 1. The highest BCUT2D eigenvalue weighted by Crippen LogP contribution is 2.40. The van der Waals surface area contributed by atoms with Crippen LogP contribution >= 0.6 is 0 Å². The fraction of sp³-hybridized carbons (Fsp3) is 0.385. The van der Waals surface area contributed by atoms with Gasteiger partial charge in [-0.2, -0.15) is 0 Å². The van der Waals surface area contributed by atoms with Gasteiger partial charge in [0.05, 0.1) is 36.4 Å². The third-order valence-electron chi connectivity index (χ3n) is 6.30. The number of carbonyl (C=O) groups is 2. The second-order valence-corrected chi connectivity index (χ2v) is 8.67. The molecule has 2 fully saturated rings. The number of ether oxygens (including phenoxy) is 2. The number of likely N-dealkylation sites (tertiary alicyclic amines) is 1. The molecule has 0 unspecified atom stereocenters. The summed E-state index contributed by atoms with van der Waals surface area (Å²) in [6.07, 6.45) is 0.846. The van der Waals surface area contributed by atoms with E-state index in [1.807, 2.05) is 6.92 Å². The number of nitrogens with zero attached hydrogens (tertiary/aromatic N) is 3. The van der Waals surface area contributed by atoms with Crippen molar-refractivity contribution >= 4 is 23.1 Å². The minimum absolute atomic E-state index is 0.0929. The monoisotopic (exact) mass is 495 g/mol. The fourth-order valence-corrected chi connectivity index (χ4v) is 4.42. The van der Waals surface area contributed by atoms with E-state index < -0.39 is 22.7 Å². The second kappa shape index (κ2) is 11.3. The molecule has 2 aromatic carbocycles. The van der Waals surface area contributed by atoms with E-state index in [2.05, 4.69) is 4.90 Å². The molecule has 1 atom stereocenters. The average Bonchev–Trinajstić information content (AvgIpc) is 3.16. The average molecular weight is 496 g/mol. The van der Waals surface area contributed by atoms with Crippen LogP contribution in [0.15, 0.2) is 54.1 Å². The van der Waals surface area contributed by atoms with Crippen LogP contribution in [0.3, 0.4) is 0 Å². The third kappa shape index (κ3) is 5.39. The van der Waals surface area contributed by atoms with E-state index in [1.165, 1.54) is 23.1 Å². The van der Waals surface area contributed by atoms with Crippen LogP contribution in [0.4, 0.5) is 5.69 Å². The Balaban J connectivity index is 1.72. The SMILES string of the molecule is CCCOc1ccc(/C(O)=C2\C(=O)C(=O)N(CCN3CCOCC3)[C@H]2c2cccc([N+](=O)[O-])c2)cc1. The maximum absolute atomic E-state index is 13.2. The zero-order valence-electron chi connectivity index (χ0n) is 20.1. The van der Waals surface area contributed by atoms with Gasteiger partial charge in [0.2, 0.25) is 0 Å². The summed E-state index contributed by atoms with van der Waals surface area (Å²) in [7, 11) is 0. The van der Waals surface area contributed by atoms with Crippen LogP contribution < -0.4 is 4.74 Å². The number of hydrogen-bond donors (Lipinski definition) is 1. The minimum atomic E-state index is -0.957. The highest BCUT2D eigenvalue weighted by Gasteiger charge is 2.46. The highest BCUT2D eigenvalue weighted by molar-refractivity contribution is 6.46. The first kappa shape index (κ1) is 25.3. The zero-order valence-corrected chi connectivity index (χ0v) is 20.1. The van der Waals surface area contributed by atoms with E-state index in [-0.39, 0.29) is 23.6 Å². The number of benzene rings is 2. The van der Waals surface area contributed by atoms with E-state index in [1.54, 1.807) is 30.3 Å². The van der Waals surface area contributed by atoms with Crippen LogP contribution in [-0.2, 0) is 14.3 Å². The first-order chi connectivity index (χ1) is 17.4. The molecule has 0 saturated carbocycles. The smallest absolute Gasteiger partial charge is 0.295 e. The van der Waals surface area contributed by atoms with Crippen molar-refractivity contribution in [1.82, 2.24) is 9.80 Å². The summed E-state index contributed by atoms with van der Waals surface area (Å²) in [5.41, 5.74) is 0.476. The summed E-state index contributed by atoms with van der Waals surface area (Å²) in [5, 5.41) is 22.6. The molecule has 10 heteroatoms. The molecular formula is C26H29N3O7. The van der Waals surface area contributed by atoms with Crippen molar-refractivity contribution in [3.8, 4) is 5.75 Å². The molecule has 190 valence electrons. The molecule has 2 aromatic rings. The van der Waals surface area contributed by atoms with Gasteiger partial charge < -0.3 is 19.5 Å². The molecule has 10 nitrogen and oxygen atoms in total. The van der Waals surface area contributed by atoms with E-state index in [4.69, 9.17) is 9.47 Å². The van der Waals surface area contributed by atoms with Gasteiger partial charge in [-0.05, 0) is 36.2 Å². The number of nitro groups is 1. The Kier molecular flexibility index (Phi) is 7.97. The normalized spacial score (nSPS) is 20.0. The predicted octanol–water partition coefficient (Wildman–Crippen LogP) is 3.14. The molecule has 4 rings (SSSR count). The van der Waals surface area contributed by atoms with Crippen molar-refractivity contribution in [3.63, 3.8) is 0 Å². The minimum Gasteiger partial charge on any atom is -0.507 e. The van der Waals surface area contributed by atoms with Gasteiger partial charge in [-0.25, -0.2) is 0 Å². The molecule has 1 amide bonds. The number of aliphatic hydroxyl groups is 1. The Hall–Kier alpha value is -3.76. The first-order valence-electron chi connectivity index (χ1n) is 12.0. The topological polar surface area (TPSA) is 122 Å². The summed E-state index contributed by atoms with van der Waals surface area (Å²) >= 11 is 0. The van der Waals surface area contributed by atoms with Gasteiger partial charge in [-0.1, -0.05) is 19.1 Å². The molecule has 2 aliphatic heterocycles. The van der Waals surface area contributed by atoms with Gasteiger partial charge in [0.25, 0.3) is 17.4 Å². The Morgan fingerprint density at radius 1 is 1.14 bits per heavy atom. The number of amides is 1. The number of rotatable bonds is 9. The van der Waals surface area contributed by atoms with E-state index in [0.29, 0.717) is 56.3 Å². The van der Waals surface area contributed by atoms with Crippen LogP contribution in [0, 0.1) is 10.1 Å². The van der Waals surface area contributed by atoms with Gasteiger partial charge >= 0.3 is 0 Å². The van der Waals surface area contributed by atoms with Crippen LogP contribution in [0.2, 0.25) is 0 Å². The van der Waals surface area contributed by atoms with Crippen molar-refractivity contribution in [2.75, 3.05) is 46.0 Å². The van der Waals surface area contributed by atoms with Gasteiger partial charge in [0.15, 0.2) is 0 Å². The second-order valence-electron chi connectivity index (χ2n) is 8.67. The Morgan fingerprint density at radius 2 is 1.86 bits per heavy atom. The summed E-state index contributed by atoms with van der Waals surface area (Å²) in [6, 6.07) is 11.5. The summed E-state index contributed by atoms with van der Waals surface area (Å²) in [4.78, 5) is 40.7. The quantitative estimate of drug-likeness (QED) is 0.185. The first-order valence-corrected chi connectivity index (χ1v) is 12.0. The Morgan fingerprint density at radius 3 is 2.53 bits per heavy atom. The standard InChI is InChI=1S/C26H29N3O7/c1-2-14-36-21-8-6-18(7-9-21)24(30)22-23(19-4-3-5-20(17-19)29(33)34)28(26(32)25(22)31)11-10-27-12-15-35-16-13-27/h3-9,17,23,30H,2,10-16H2,1H3/b24-22+/t23-/m0/s1. The third-order valence-corrected chi connectivity index (χ3v) is 6.30. The maximum Gasteiger partial charge on any atom is 0.295 e. The molecule has 0 aromatic heterocycles. The molecular weight excluding hydrogens is 466 g/mol. The van der Waals surface area contributed by atoms with Crippen molar-refractivity contribution < 1.29 is 29.1 Å². The molecule has 0 radical (unpaired) electrons. The lowest BCUT2D eigenvalue weighted by Crippen LogP contribution is -2.42. The van der Waals surface area contributed by atoms with Crippen molar-refractivity contribution in [3.05, 3.63) is 75.3 Å². The number of Topliss-reactive ketones (excluding diaryl/α,β-unsaturated/α-hetero) is 1. The number of carbonyl (C=O) groups excluding carboxylic acids is 2. The van der Waals surface area contributed by atoms with E-state index >= 15 is 0 Å². The molecule has 0 spiro atoms. The van der Waals surface area contributed by atoms with Gasteiger partial charge in [-0.3, -0.25) is 24.6 Å². The zero-order chi connectivity index (χ0) is 25.7. The van der Waals surface area contributed by atoms with Crippen molar-refractivity contribution in [2.45, 2.75) is 19.4 Å². The fourth-order valence-electron chi connectivity index (χ4n) is 4.42. The van der Waals surface area contributed by atoms with Gasteiger partial charge in [-0.15, -0.1) is 0 Å². The van der Waals surface area contributed by atoms with E-state index in [9.17, 15) is 24.8 Å². The summed E-state index contributed by atoms with van der Waals surface area (Å²) in [6.45, 7) is 5.86. The summed E-state index contributed by atoms with van der Waals surface area (Å²) in [5.74, 6) is -1.28. The van der Waals surface area contributed by atoms with Crippen molar-refractivity contribution in [2.24, 2.45) is 0 Å². The van der Waals surface area contributed by atoms with Gasteiger partial charge in [0.1, 0.15) is 11.5 Å². The molecule has 0 bridgehead atoms. The van der Waals surface area contributed by atoms with Crippen LogP contribution in [-0.4, -0.2) is 77.5 Å². The van der Waals surface area contributed by atoms with Gasteiger partial charge in [0, 0.05) is 43.9 Å². The summed E-state index contributed by atoms with van der Waals surface area (Å²) < 4.78 is 11.0. The number of ketones is 1. The number of aliphatic hydroxyl groups excluding tert-OH is 1. The lowest BCUT2D eigenvalue weighted by molar-refractivity contribution is -0.384. The van der Waals surface area contributed by atoms with Crippen LogP contribution in [0.25, 0.3) is 5.76 Å². The van der Waals surface area contributed by atoms with Crippen LogP contribution in [0.1, 0.15) is 30.5 Å². The number of non-ortho nitro benzene ring substituents is 1. The van der Waals surface area contributed by atoms with Crippen LogP contribution in [0.5, 0.6) is 5.75 Å². The Bertz CT molecular complexity index is 1160.